The van der Waals surface area contributed by atoms with Gasteiger partial charge in [-0.3, -0.25) is 4.79 Å². The van der Waals surface area contributed by atoms with Gasteiger partial charge < -0.3 is 9.72 Å². The maximum atomic E-state index is 13.4. The van der Waals surface area contributed by atoms with Crippen LogP contribution in [0.5, 0.6) is 0 Å². The molecule has 4 aromatic rings. The number of nitrogens with zero attached hydrogens (tertiary/aromatic N) is 2. The van der Waals surface area contributed by atoms with Gasteiger partial charge in [-0.25, -0.2) is 18.2 Å². The molecule has 7 heteroatoms. The van der Waals surface area contributed by atoms with Crippen molar-refractivity contribution in [1.82, 2.24) is 9.38 Å². The van der Waals surface area contributed by atoms with E-state index >= 15 is 0 Å². The molecule has 1 amide bonds. The number of rotatable bonds is 3. The first kappa shape index (κ1) is 16.8. The van der Waals surface area contributed by atoms with Gasteiger partial charge in [0, 0.05) is 23.5 Å². The van der Waals surface area contributed by atoms with Crippen molar-refractivity contribution < 1.29 is 18.0 Å². The molecule has 4 nitrogen and oxygen atoms in total. The smallest absolute Gasteiger partial charge is 0.255 e. The SMILES string of the molecule is O=C(Nc1ccc2nc(-c3ccc(F)c(F)c3)cn2c1)c1ccc(F)cc1. The topological polar surface area (TPSA) is 46.4 Å². The van der Waals surface area contributed by atoms with Gasteiger partial charge in [0.25, 0.3) is 5.91 Å². The molecule has 134 valence electrons. The first-order valence-electron chi connectivity index (χ1n) is 8.01. The Balaban J connectivity index is 1.61. The minimum absolute atomic E-state index is 0.324. The fourth-order valence-corrected chi connectivity index (χ4v) is 2.66. The van der Waals surface area contributed by atoms with Crippen LogP contribution in [0.1, 0.15) is 10.4 Å². The summed E-state index contributed by atoms with van der Waals surface area (Å²) in [7, 11) is 0. The summed E-state index contributed by atoms with van der Waals surface area (Å²) in [6.45, 7) is 0. The van der Waals surface area contributed by atoms with Crippen molar-refractivity contribution in [3.8, 4) is 11.3 Å². The summed E-state index contributed by atoms with van der Waals surface area (Å²) in [5.74, 6) is -2.67. The van der Waals surface area contributed by atoms with Crippen LogP contribution in [0.25, 0.3) is 16.9 Å². The molecule has 0 bridgehead atoms. The Morgan fingerprint density at radius 3 is 2.41 bits per heavy atom. The summed E-state index contributed by atoms with van der Waals surface area (Å²) >= 11 is 0. The van der Waals surface area contributed by atoms with Crippen molar-refractivity contribution in [3.05, 3.63) is 90.0 Å². The summed E-state index contributed by atoms with van der Waals surface area (Å²) in [5, 5.41) is 2.72. The van der Waals surface area contributed by atoms with Crippen molar-refractivity contribution >= 4 is 17.2 Å². The maximum absolute atomic E-state index is 13.4. The van der Waals surface area contributed by atoms with Crippen molar-refractivity contribution in [2.45, 2.75) is 0 Å². The number of carbonyl (C=O) groups is 1. The number of aromatic nitrogens is 2. The second-order valence-corrected chi connectivity index (χ2v) is 5.90. The lowest BCUT2D eigenvalue weighted by atomic mass is 10.1. The van der Waals surface area contributed by atoms with Gasteiger partial charge in [0.15, 0.2) is 11.6 Å². The van der Waals surface area contributed by atoms with E-state index in [0.717, 1.165) is 12.1 Å². The largest absolute Gasteiger partial charge is 0.321 e. The summed E-state index contributed by atoms with van der Waals surface area (Å²) < 4.78 is 41.1. The molecule has 0 aliphatic heterocycles. The molecule has 2 heterocycles. The summed E-state index contributed by atoms with van der Waals surface area (Å²) in [6, 6.07) is 12.1. The van der Waals surface area contributed by atoms with E-state index in [1.54, 1.807) is 28.9 Å². The first-order chi connectivity index (χ1) is 13.0. The monoisotopic (exact) mass is 367 g/mol. The third kappa shape index (κ3) is 3.39. The van der Waals surface area contributed by atoms with Crippen molar-refractivity contribution in [2.24, 2.45) is 0 Å². The van der Waals surface area contributed by atoms with E-state index in [4.69, 9.17) is 0 Å². The lowest BCUT2D eigenvalue weighted by molar-refractivity contribution is 0.102. The van der Waals surface area contributed by atoms with Crippen molar-refractivity contribution in [1.29, 1.82) is 0 Å². The van der Waals surface area contributed by atoms with Crippen LogP contribution < -0.4 is 5.32 Å². The number of pyridine rings is 1. The normalized spacial score (nSPS) is 10.9. The van der Waals surface area contributed by atoms with Crippen molar-refractivity contribution in [3.63, 3.8) is 0 Å². The summed E-state index contributed by atoms with van der Waals surface area (Å²) in [6.07, 6.45) is 3.29. The van der Waals surface area contributed by atoms with E-state index in [9.17, 15) is 18.0 Å². The third-order valence-corrected chi connectivity index (χ3v) is 4.03. The van der Waals surface area contributed by atoms with E-state index in [0.29, 0.717) is 28.2 Å². The molecule has 4 rings (SSSR count). The Morgan fingerprint density at radius 1 is 0.889 bits per heavy atom. The van der Waals surface area contributed by atoms with Gasteiger partial charge in [0.05, 0.1) is 11.4 Å². The standard InChI is InChI=1S/C20H12F3N3O/c21-14-4-1-12(2-5-14)20(27)24-15-6-8-19-25-18(11-26(19)10-15)13-3-7-16(22)17(23)9-13/h1-11H,(H,24,27). The Labute approximate surface area is 151 Å². The molecule has 0 saturated carbocycles. The fourth-order valence-electron chi connectivity index (χ4n) is 2.66. The molecule has 2 aromatic heterocycles. The third-order valence-electron chi connectivity index (χ3n) is 4.03. The van der Waals surface area contributed by atoms with Gasteiger partial charge in [-0.2, -0.15) is 0 Å². The number of imidazole rings is 1. The number of fused-ring (bicyclic) bond motifs is 1. The van der Waals surface area contributed by atoms with E-state index < -0.39 is 17.5 Å². The van der Waals surface area contributed by atoms with Gasteiger partial charge in [-0.05, 0) is 54.6 Å². The Hall–Kier alpha value is -3.61. The van der Waals surface area contributed by atoms with Gasteiger partial charge in [0.2, 0.25) is 0 Å². The van der Waals surface area contributed by atoms with Gasteiger partial charge in [0.1, 0.15) is 11.5 Å². The van der Waals surface area contributed by atoms with Crippen LogP contribution in [0, 0.1) is 17.5 Å². The van der Waals surface area contributed by atoms with E-state index in [1.165, 1.54) is 30.3 Å². The van der Waals surface area contributed by atoms with E-state index in [-0.39, 0.29) is 5.91 Å². The molecular weight excluding hydrogens is 355 g/mol. The summed E-state index contributed by atoms with van der Waals surface area (Å²) in [4.78, 5) is 16.6. The van der Waals surface area contributed by atoms with Crippen LogP contribution in [0.15, 0.2) is 67.0 Å². The van der Waals surface area contributed by atoms with Crippen LogP contribution in [0.2, 0.25) is 0 Å². The minimum atomic E-state index is -0.947. The molecule has 0 spiro atoms. The zero-order valence-corrected chi connectivity index (χ0v) is 13.8. The molecule has 0 fully saturated rings. The summed E-state index contributed by atoms with van der Waals surface area (Å²) in [5.41, 5.74) is 2.32. The molecule has 2 aromatic carbocycles. The number of nitrogens with one attached hydrogen (secondary N) is 1. The maximum Gasteiger partial charge on any atom is 0.255 e. The number of hydrogen-bond acceptors (Lipinski definition) is 2. The molecule has 1 N–H and O–H groups in total. The Morgan fingerprint density at radius 2 is 1.67 bits per heavy atom. The number of amides is 1. The lowest BCUT2D eigenvalue weighted by Gasteiger charge is -2.05. The molecular formula is C20H12F3N3O. The fraction of sp³-hybridized carbons (Fsp3) is 0. The number of benzene rings is 2. The molecule has 0 aliphatic carbocycles. The highest BCUT2D eigenvalue weighted by Gasteiger charge is 2.10. The molecule has 0 unspecified atom stereocenters. The second kappa shape index (κ2) is 6.60. The van der Waals surface area contributed by atoms with Crippen LogP contribution in [0.3, 0.4) is 0 Å². The molecule has 0 atom stereocenters. The quantitative estimate of drug-likeness (QED) is 0.572. The number of anilines is 1. The van der Waals surface area contributed by atoms with Gasteiger partial charge in [-0.1, -0.05) is 0 Å². The number of carbonyl (C=O) groups excluding carboxylic acids is 1. The van der Waals surface area contributed by atoms with Crippen LogP contribution >= 0.6 is 0 Å². The lowest BCUT2D eigenvalue weighted by Crippen LogP contribution is -2.12. The molecule has 0 saturated heterocycles. The van der Waals surface area contributed by atoms with Crippen LogP contribution in [0.4, 0.5) is 18.9 Å². The molecule has 27 heavy (non-hydrogen) atoms. The second-order valence-electron chi connectivity index (χ2n) is 5.90. The molecule has 0 radical (unpaired) electrons. The van der Waals surface area contributed by atoms with Gasteiger partial charge in [-0.15, -0.1) is 0 Å². The highest BCUT2D eigenvalue weighted by atomic mass is 19.2. The molecule has 0 aliphatic rings. The minimum Gasteiger partial charge on any atom is -0.321 e. The Kier molecular flexibility index (Phi) is 4.12. The predicted octanol–water partition coefficient (Wildman–Crippen LogP) is 4.67. The van der Waals surface area contributed by atoms with E-state index in [1.807, 2.05) is 0 Å². The Bertz CT molecular complexity index is 1150. The highest BCUT2D eigenvalue weighted by Crippen LogP contribution is 2.22. The average Bonchev–Trinajstić information content (AvgIpc) is 3.08. The highest BCUT2D eigenvalue weighted by molar-refractivity contribution is 6.04. The predicted molar refractivity (Wildman–Crippen MR) is 94.9 cm³/mol. The zero-order chi connectivity index (χ0) is 19.0. The van der Waals surface area contributed by atoms with E-state index in [2.05, 4.69) is 10.3 Å². The van der Waals surface area contributed by atoms with Crippen LogP contribution in [-0.2, 0) is 0 Å². The average molecular weight is 367 g/mol. The van der Waals surface area contributed by atoms with Gasteiger partial charge >= 0.3 is 0 Å². The number of halogens is 3. The zero-order valence-electron chi connectivity index (χ0n) is 13.8. The van der Waals surface area contributed by atoms with Crippen LogP contribution in [-0.4, -0.2) is 15.3 Å². The first-order valence-corrected chi connectivity index (χ1v) is 8.01. The number of hydrogen-bond donors (Lipinski definition) is 1. The van der Waals surface area contributed by atoms with Crippen molar-refractivity contribution in [2.75, 3.05) is 5.32 Å².